The molecule has 0 aromatic carbocycles. The number of hydrogen-bond acceptors (Lipinski definition) is 5. The summed E-state index contributed by atoms with van der Waals surface area (Å²) in [5.74, 6) is -0.344. The van der Waals surface area contributed by atoms with Crippen LogP contribution in [0.3, 0.4) is 0 Å². The number of H-pyrrole nitrogens is 1. The van der Waals surface area contributed by atoms with Crippen LogP contribution >= 0.6 is 11.9 Å². The van der Waals surface area contributed by atoms with E-state index in [1.54, 1.807) is 6.20 Å². The van der Waals surface area contributed by atoms with Crippen molar-refractivity contribution in [3.8, 4) is 17.5 Å². The van der Waals surface area contributed by atoms with Crippen LogP contribution in [0.4, 0.5) is 10.2 Å². The molecule has 0 atom stereocenters. The van der Waals surface area contributed by atoms with Crippen LogP contribution in [0.1, 0.15) is 5.56 Å². The van der Waals surface area contributed by atoms with Crippen molar-refractivity contribution >= 4 is 17.8 Å². The minimum Gasteiger partial charge on any atom is -0.359 e. The molecule has 0 saturated carbocycles. The molecule has 0 aliphatic rings. The van der Waals surface area contributed by atoms with Crippen LogP contribution in [0.25, 0.3) is 11.4 Å². The Labute approximate surface area is 136 Å². The van der Waals surface area contributed by atoms with Gasteiger partial charge in [-0.2, -0.15) is 5.26 Å². The molecule has 3 aromatic heterocycles. The first kappa shape index (κ1) is 15.1. The highest BCUT2D eigenvalue weighted by Crippen LogP contribution is 2.25. The van der Waals surface area contributed by atoms with Crippen molar-refractivity contribution in [3.63, 3.8) is 0 Å². The lowest BCUT2D eigenvalue weighted by Crippen LogP contribution is -1.96. The number of nitriles is 1. The maximum absolute atomic E-state index is 13.9. The Morgan fingerprint density at radius 3 is 2.96 bits per heavy atom. The predicted molar refractivity (Wildman–Crippen MR) is 87.0 cm³/mol. The minimum atomic E-state index is -0.481. The summed E-state index contributed by atoms with van der Waals surface area (Å²) in [7, 11) is 0. The maximum Gasteiger partial charge on any atom is 0.172 e. The van der Waals surface area contributed by atoms with E-state index in [-0.39, 0.29) is 12.2 Å². The zero-order valence-electron chi connectivity index (χ0n) is 12.0. The number of aromatic amines is 1. The summed E-state index contributed by atoms with van der Waals surface area (Å²) < 4.78 is 16.8. The topological polar surface area (TPSA) is 77.4 Å². The van der Waals surface area contributed by atoms with Gasteiger partial charge >= 0.3 is 0 Å². The summed E-state index contributed by atoms with van der Waals surface area (Å²) in [5, 5.41) is 8.60. The summed E-state index contributed by atoms with van der Waals surface area (Å²) in [4.78, 5) is 12.3. The quantitative estimate of drug-likeness (QED) is 0.698. The second kappa shape index (κ2) is 6.94. The first-order valence-corrected chi connectivity index (χ1v) is 7.62. The van der Waals surface area contributed by atoms with Crippen LogP contribution in [-0.2, 0) is 6.42 Å². The Morgan fingerprint density at radius 1 is 1.30 bits per heavy atom. The van der Waals surface area contributed by atoms with Crippen LogP contribution < -0.4 is 4.72 Å². The summed E-state index contributed by atoms with van der Waals surface area (Å²) in [6.07, 6.45) is 5.17. The van der Waals surface area contributed by atoms with E-state index in [1.165, 1.54) is 24.2 Å². The number of anilines is 1. The predicted octanol–water partition coefficient (Wildman–Crippen LogP) is 3.80. The van der Waals surface area contributed by atoms with E-state index in [4.69, 9.17) is 5.26 Å². The van der Waals surface area contributed by atoms with Gasteiger partial charge in [-0.05, 0) is 41.8 Å². The van der Waals surface area contributed by atoms with E-state index in [9.17, 15) is 4.39 Å². The van der Waals surface area contributed by atoms with Crippen molar-refractivity contribution in [2.24, 2.45) is 0 Å². The third-order valence-electron chi connectivity index (χ3n) is 3.04. The second-order valence-electron chi connectivity index (χ2n) is 4.68. The van der Waals surface area contributed by atoms with Crippen molar-refractivity contribution in [1.82, 2.24) is 15.0 Å². The van der Waals surface area contributed by atoms with Crippen molar-refractivity contribution < 1.29 is 4.39 Å². The van der Waals surface area contributed by atoms with Crippen molar-refractivity contribution in [2.75, 3.05) is 4.72 Å². The summed E-state index contributed by atoms with van der Waals surface area (Å²) in [6.45, 7) is 0. The van der Waals surface area contributed by atoms with Gasteiger partial charge in [-0.3, -0.25) is 4.98 Å². The number of rotatable bonds is 5. The van der Waals surface area contributed by atoms with E-state index in [0.717, 1.165) is 16.3 Å². The van der Waals surface area contributed by atoms with Gasteiger partial charge in [0.1, 0.15) is 0 Å². The molecule has 3 rings (SSSR count). The van der Waals surface area contributed by atoms with Gasteiger partial charge in [0, 0.05) is 23.5 Å². The fraction of sp³-hybridized carbons (Fsp3) is 0.0625. The van der Waals surface area contributed by atoms with Crippen LogP contribution in [0.5, 0.6) is 0 Å². The molecule has 7 heteroatoms. The zero-order valence-corrected chi connectivity index (χ0v) is 12.8. The molecule has 0 saturated heterocycles. The smallest absolute Gasteiger partial charge is 0.172 e. The molecule has 23 heavy (non-hydrogen) atoms. The first-order chi connectivity index (χ1) is 11.3. The van der Waals surface area contributed by atoms with Gasteiger partial charge in [-0.15, -0.1) is 0 Å². The largest absolute Gasteiger partial charge is 0.359 e. The molecule has 3 heterocycles. The molecule has 5 nitrogen and oxygen atoms in total. The molecule has 0 amide bonds. The molecule has 0 bridgehead atoms. The number of aromatic nitrogens is 3. The molecular formula is C16H12FN5S. The van der Waals surface area contributed by atoms with E-state index < -0.39 is 5.82 Å². The Hall–Kier alpha value is -2.85. The van der Waals surface area contributed by atoms with E-state index in [0.29, 0.717) is 5.56 Å². The Kier molecular flexibility index (Phi) is 4.54. The van der Waals surface area contributed by atoms with Crippen molar-refractivity contribution in [1.29, 1.82) is 5.26 Å². The fourth-order valence-corrected chi connectivity index (χ4v) is 2.61. The van der Waals surface area contributed by atoms with E-state index >= 15 is 0 Å². The highest BCUT2D eigenvalue weighted by molar-refractivity contribution is 8.00. The maximum atomic E-state index is 13.9. The molecule has 0 spiro atoms. The first-order valence-electron chi connectivity index (χ1n) is 6.80. The van der Waals surface area contributed by atoms with Crippen LogP contribution in [-0.4, -0.2) is 15.0 Å². The monoisotopic (exact) mass is 325 g/mol. The molecule has 114 valence electrons. The third kappa shape index (κ3) is 3.67. The van der Waals surface area contributed by atoms with Gasteiger partial charge in [0.15, 0.2) is 11.6 Å². The van der Waals surface area contributed by atoms with Gasteiger partial charge in [0.05, 0.1) is 23.9 Å². The van der Waals surface area contributed by atoms with Crippen molar-refractivity contribution in [2.45, 2.75) is 11.3 Å². The lowest BCUT2D eigenvalue weighted by atomic mass is 10.2. The average Bonchev–Trinajstić information content (AvgIpc) is 3.04. The SMILES string of the molecule is N#CCc1cnc(NSc2c[nH]c(-c3ccccn3)c2)c(F)c1. The van der Waals surface area contributed by atoms with Gasteiger partial charge in [0.25, 0.3) is 0 Å². The van der Waals surface area contributed by atoms with E-state index in [1.807, 2.05) is 36.5 Å². The summed E-state index contributed by atoms with van der Waals surface area (Å²) >= 11 is 1.25. The zero-order chi connectivity index (χ0) is 16.1. The van der Waals surface area contributed by atoms with Gasteiger partial charge in [0.2, 0.25) is 0 Å². The van der Waals surface area contributed by atoms with Gasteiger partial charge in [-0.1, -0.05) is 6.07 Å². The summed E-state index contributed by atoms with van der Waals surface area (Å²) in [5.41, 5.74) is 2.27. The summed E-state index contributed by atoms with van der Waals surface area (Å²) in [6, 6.07) is 10.9. The van der Waals surface area contributed by atoms with E-state index in [2.05, 4.69) is 19.7 Å². The molecule has 0 aliphatic heterocycles. The number of nitrogens with zero attached hydrogens (tertiary/aromatic N) is 3. The number of nitrogens with one attached hydrogen (secondary N) is 2. The normalized spacial score (nSPS) is 10.3. The molecule has 3 aromatic rings. The molecule has 0 radical (unpaired) electrons. The lowest BCUT2D eigenvalue weighted by Gasteiger charge is -2.05. The molecular weight excluding hydrogens is 313 g/mol. The molecule has 0 fully saturated rings. The number of pyridine rings is 2. The Bertz CT molecular complexity index is 841. The molecule has 0 aliphatic carbocycles. The van der Waals surface area contributed by atoms with Crippen LogP contribution in [0.15, 0.2) is 53.8 Å². The van der Waals surface area contributed by atoms with Gasteiger partial charge < -0.3 is 9.71 Å². The fourth-order valence-electron chi connectivity index (χ4n) is 1.95. The van der Waals surface area contributed by atoms with Gasteiger partial charge in [-0.25, -0.2) is 9.37 Å². The molecule has 0 unspecified atom stereocenters. The van der Waals surface area contributed by atoms with Crippen LogP contribution in [0.2, 0.25) is 0 Å². The Balaban J connectivity index is 1.67. The standard InChI is InChI=1S/C16H12FN5S/c17-13-7-11(4-5-18)9-21-16(13)22-23-12-8-15(20-10-12)14-3-1-2-6-19-14/h1-3,6-10,20H,4H2,(H,21,22). The number of hydrogen-bond donors (Lipinski definition) is 2. The number of halogens is 1. The Morgan fingerprint density at radius 2 is 2.22 bits per heavy atom. The second-order valence-corrected chi connectivity index (χ2v) is 5.56. The van der Waals surface area contributed by atoms with Crippen LogP contribution in [0, 0.1) is 17.1 Å². The lowest BCUT2D eigenvalue weighted by molar-refractivity contribution is 0.625. The highest BCUT2D eigenvalue weighted by Gasteiger charge is 2.07. The molecule has 2 N–H and O–H groups in total. The average molecular weight is 325 g/mol. The third-order valence-corrected chi connectivity index (χ3v) is 3.81. The highest BCUT2D eigenvalue weighted by atomic mass is 32.2. The minimum absolute atomic E-state index is 0.136. The van der Waals surface area contributed by atoms with Crippen molar-refractivity contribution in [3.05, 3.63) is 60.3 Å².